The molecule has 0 saturated heterocycles. The van der Waals surface area contributed by atoms with Gasteiger partial charge in [-0.25, -0.2) is 0 Å². The molecule has 0 unspecified atom stereocenters. The average Bonchev–Trinajstić information content (AvgIpc) is 2.73. The topological polar surface area (TPSA) is 64.7 Å². The van der Waals surface area contributed by atoms with E-state index in [4.69, 9.17) is 28.0 Å². The standard InChI is InChI=1S/C12H8Cl2N2O3S/c13-11-5-9(12(14)20-11)7-19-15-6-8-1-3-10(4-2-8)16(17)18/h1-6H,7H2/b15-6+. The second-order valence-corrected chi connectivity index (χ2v) is 5.99. The fourth-order valence-corrected chi connectivity index (χ4v) is 2.82. The number of rotatable bonds is 5. The fraction of sp³-hybridized carbons (Fsp3) is 0.0833. The molecule has 0 aliphatic carbocycles. The molecule has 2 rings (SSSR count). The van der Waals surface area contributed by atoms with E-state index < -0.39 is 4.92 Å². The third-order valence-corrected chi connectivity index (χ3v) is 3.90. The molecule has 0 atom stereocenters. The molecule has 1 heterocycles. The molecule has 8 heteroatoms. The zero-order valence-corrected chi connectivity index (χ0v) is 12.3. The van der Waals surface area contributed by atoms with Crippen molar-refractivity contribution in [1.29, 1.82) is 0 Å². The van der Waals surface area contributed by atoms with Gasteiger partial charge in [-0.05, 0) is 23.8 Å². The minimum atomic E-state index is -0.459. The number of hydrogen-bond acceptors (Lipinski definition) is 5. The van der Waals surface area contributed by atoms with Gasteiger partial charge in [0.25, 0.3) is 5.69 Å². The van der Waals surface area contributed by atoms with Gasteiger partial charge in [0, 0.05) is 17.7 Å². The second kappa shape index (κ2) is 6.69. The minimum absolute atomic E-state index is 0.0303. The van der Waals surface area contributed by atoms with Gasteiger partial charge in [0.2, 0.25) is 0 Å². The highest BCUT2D eigenvalue weighted by atomic mass is 35.5. The van der Waals surface area contributed by atoms with Gasteiger partial charge in [-0.1, -0.05) is 28.4 Å². The van der Waals surface area contributed by atoms with Gasteiger partial charge in [0.1, 0.15) is 10.9 Å². The Hall–Kier alpha value is -1.63. The molecule has 1 aromatic carbocycles. The van der Waals surface area contributed by atoms with Crippen molar-refractivity contribution in [1.82, 2.24) is 0 Å². The van der Waals surface area contributed by atoms with Gasteiger partial charge < -0.3 is 4.84 Å². The normalized spacial score (nSPS) is 10.9. The Morgan fingerprint density at radius 1 is 1.35 bits per heavy atom. The Bertz CT molecular complexity index is 641. The van der Waals surface area contributed by atoms with E-state index in [1.807, 2.05) is 0 Å². The summed E-state index contributed by atoms with van der Waals surface area (Å²) in [4.78, 5) is 15.1. The van der Waals surface area contributed by atoms with Gasteiger partial charge in [0.05, 0.1) is 15.5 Å². The van der Waals surface area contributed by atoms with Crippen molar-refractivity contribution in [2.45, 2.75) is 6.61 Å². The van der Waals surface area contributed by atoms with Crippen LogP contribution in [0.15, 0.2) is 35.5 Å². The van der Waals surface area contributed by atoms with Crippen molar-refractivity contribution in [2.24, 2.45) is 5.16 Å². The van der Waals surface area contributed by atoms with Crippen LogP contribution in [0.2, 0.25) is 8.67 Å². The van der Waals surface area contributed by atoms with Crippen molar-refractivity contribution in [2.75, 3.05) is 0 Å². The zero-order chi connectivity index (χ0) is 14.5. The molecule has 0 radical (unpaired) electrons. The van der Waals surface area contributed by atoms with Crippen molar-refractivity contribution in [3.63, 3.8) is 0 Å². The van der Waals surface area contributed by atoms with E-state index >= 15 is 0 Å². The van der Waals surface area contributed by atoms with Crippen LogP contribution in [0.25, 0.3) is 0 Å². The number of benzene rings is 1. The van der Waals surface area contributed by atoms with Gasteiger partial charge in [-0.3, -0.25) is 10.1 Å². The van der Waals surface area contributed by atoms with Gasteiger partial charge in [0.15, 0.2) is 0 Å². The van der Waals surface area contributed by atoms with Gasteiger partial charge >= 0.3 is 0 Å². The molecular weight excluding hydrogens is 323 g/mol. The summed E-state index contributed by atoms with van der Waals surface area (Å²) in [7, 11) is 0. The Labute approximate surface area is 128 Å². The first-order valence-electron chi connectivity index (χ1n) is 5.40. The summed E-state index contributed by atoms with van der Waals surface area (Å²) in [5.41, 5.74) is 1.50. The summed E-state index contributed by atoms with van der Waals surface area (Å²) >= 11 is 13.0. The fourth-order valence-electron chi connectivity index (χ4n) is 1.36. The molecule has 0 amide bonds. The number of thiophene rings is 1. The van der Waals surface area contributed by atoms with Crippen molar-refractivity contribution >= 4 is 46.4 Å². The van der Waals surface area contributed by atoms with E-state index in [0.717, 1.165) is 5.56 Å². The number of halogens is 2. The van der Waals surface area contributed by atoms with Gasteiger partial charge in [-0.15, -0.1) is 11.3 Å². The first-order valence-corrected chi connectivity index (χ1v) is 6.97. The smallest absolute Gasteiger partial charge is 0.269 e. The summed E-state index contributed by atoms with van der Waals surface area (Å²) in [6.07, 6.45) is 1.46. The van der Waals surface area contributed by atoms with Crippen LogP contribution in [-0.4, -0.2) is 11.1 Å². The highest BCUT2D eigenvalue weighted by Gasteiger charge is 2.06. The van der Waals surface area contributed by atoms with Crippen molar-refractivity contribution < 1.29 is 9.76 Å². The molecule has 0 bridgehead atoms. The Balaban J connectivity index is 1.90. The number of oxime groups is 1. The van der Waals surface area contributed by atoms with E-state index in [1.54, 1.807) is 18.2 Å². The van der Waals surface area contributed by atoms with Crippen LogP contribution in [0.1, 0.15) is 11.1 Å². The Kier molecular flexibility index (Phi) is 4.94. The van der Waals surface area contributed by atoms with Crippen LogP contribution < -0.4 is 0 Å². The maximum atomic E-state index is 10.5. The highest BCUT2D eigenvalue weighted by Crippen LogP contribution is 2.31. The quantitative estimate of drug-likeness (QED) is 0.460. The minimum Gasteiger partial charge on any atom is -0.391 e. The maximum absolute atomic E-state index is 10.5. The average molecular weight is 331 g/mol. The van der Waals surface area contributed by atoms with E-state index in [1.165, 1.54) is 29.7 Å². The predicted octanol–water partition coefficient (Wildman–Crippen LogP) is 4.51. The molecule has 2 aromatic rings. The monoisotopic (exact) mass is 330 g/mol. The van der Waals surface area contributed by atoms with E-state index in [-0.39, 0.29) is 12.3 Å². The molecule has 0 saturated carbocycles. The van der Waals surface area contributed by atoms with Crippen LogP contribution in [-0.2, 0) is 11.4 Å². The number of hydrogen-bond donors (Lipinski definition) is 0. The lowest BCUT2D eigenvalue weighted by atomic mass is 10.2. The SMILES string of the molecule is O=[N+]([O-])c1ccc(/C=N/OCc2cc(Cl)sc2Cl)cc1. The Morgan fingerprint density at radius 2 is 2.05 bits per heavy atom. The lowest BCUT2D eigenvalue weighted by molar-refractivity contribution is -0.384. The maximum Gasteiger partial charge on any atom is 0.269 e. The summed E-state index contributed by atoms with van der Waals surface area (Å²) in [5, 5.41) is 14.3. The zero-order valence-electron chi connectivity index (χ0n) is 9.95. The van der Waals surface area contributed by atoms with E-state index in [2.05, 4.69) is 5.16 Å². The number of nitrogens with zero attached hydrogens (tertiary/aromatic N) is 2. The summed E-state index contributed by atoms with van der Waals surface area (Å²) in [5.74, 6) is 0. The molecule has 0 aliphatic heterocycles. The summed E-state index contributed by atoms with van der Waals surface area (Å²) < 4.78 is 1.16. The van der Waals surface area contributed by atoms with Gasteiger partial charge in [-0.2, -0.15) is 0 Å². The molecule has 0 fully saturated rings. The van der Waals surface area contributed by atoms with Crippen molar-refractivity contribution in [3.05, 3.63) is 60.2 Å². The molecule has 104 valence electrons. The second-order valence-electron chi connectivity index (χ2n) is 3.71. The first-order chi connectivity index (χ1) is 9.56. The lowest BCUT2D eigenvalue weighted by Crippen LogP contribution is -1.89. The molecule has 20 heavy (non-hydrogen) atoms. The molecular formula is C12H8Cl2N2O3S. The van der Waals surface area contributed by atoms with Crippen molar-refractivity contribution in [3.8, 4) is 0 Å². The van der Waals surface area contributed by atoms with Crippen LogP contribution in [0.4, 0.5) is 5.69 Å². The van der Waals surface area contributed by atoms with E-state index in [9.17, 15) is 10.1 Å². The van der Waals surface area contributed by atoms with Crippen LogP contribution in [0, 0.1) is 10.1 Å². The van der Waals surface area contributed by atoms with Crippen LogP contribution in [0.3, 0.4) is 0 Å². The molecule has 0 N–H and O–H groups in total. The lowest BCUT2D eigenvalue weighted by Gasteiger charge is -1.97. The van der Waals surface area contributed by atoms with Crippen LogP contribution in [0.5, 0.6) is 0 Å². The molecule has 0 spiro atoms. The largest absolute Gasteiger partial charge is 0.391 e. The molecule has 0 aliphatic rings. The number of nitro benzene ring substituents is 1. The number of non-ortho nitro benzene ring substituents is 1. The predicted molar refractivity (Wildman–Crippen MR) is 79.8 cm³/mol. The first kappa shape index (κ1) is 14.8. The summed E-state index contributed by atoms with van der Waals surface area (Å²) in [6, 6.07) is 7.68. The highest BCUT2D eigenvalue weighted by molar-refractivity contribution is 7.20. The number of nitro groups is 1. The van der Waals surface area contributed by atoms with Crippen LogP contribution >= 0.6 is 34.5 Å². The third-order valence-electron chi connectivity index (χ3n) is 2.33. The van der Waals surface area contributed by atoms with E-state index in [0.29, 0.717) is 14.2 Å². The molecule has 1 aromatic heterocycles. The summed E-state index contributed by atoms with van der Waals surface area (Å²) in [6.45, 7) is 0.214. The Morgan fingerprint density at radius 3 is 2.60 bits per heavy atom. The molecule has 5 nitrogen and oxygen atoms in total. The third kappa shape index (κ3) is 3.93.